The van der Waals surface area contributed by atoms with Crippen LogP contribution in [0.15, 0.2) is 0 Å². The summed E-state index contributed by atoms with van der Waals surface area (Å²) in [6.07, 6.45) is 16.4. The maximum atomic E-state index is 12.9. The van der Waals surface area contributed by atoms with Crippen molar-refractivity contribution < 1.29 is 9.53 Å². The van der Waals surface area contributed by atoms with E-state index in [4.69, 9.17) is 4.74 Å². The van der Waals surface area contributed by atoms with Crippen molar-refractivity contribution in [2.45, 2.75) is 95.6 Å². The summed E-state index contributed by atoms with van der Waals surface area (Å²) >= 11 is 0. The molecule has 4 nitrogen and oxygen atoms in total. The molecule has 146 valence electrons. The van der Waals surface area contributed by atoms with Crippen LogP contribution in [-0.4, -0.2) is 54.2 Å². The van der Waals surface area contributed by atoms with Gasteiger partial charge < -0.3 is 9.64 Å². The highest BCUT2D eigenvalue weighted by Crippen LogP contribution is 2.30. The Kier molecular flexibility index (Phi) is 9.40. The first-order valence-corrected chi connectivity index (χ1v) is 10.5. The maximum Gasteiger partial charge on any atom is 0.410 e. The Balaban J connectivity index is 0.00000225. The molecule has 0 aromatic rings. The summed E-state index contributed by atoms with van der Waals surface area (Å²) in [6.45, 7) is 3.82. The lowest BCUT2D eigenvalue weighted by atomic mass is 9.89. The van der Waals surface area contributed by atoms with Gasteiger partial charge in [-0.15, -0.1) is 12.4 Å². The molecule has 0 atom stereocenters. The van der Waals surface area contributed by atoms with Gasteiger partial charge in [0, 0.05) is 18.6 Å². The van der Waals surface area contributed by atoms with E-state index < -0.39 is 0 Å². The van der Waals surface area contributed by atoms with E-state index in [2.05, 4.69) is 9.80 Å². The second-order valence-corrected chi connectivity index (χ2v) is 8.01. The summed E-state index contributed by atoms with van der Waals surface area (Å²) in [4.78, 5) is 17.5. The van der Waals surface area contributed by atoms with Crippen LogP contribution in [-0.2, 0) is 4.74 Å². The van der Waals surface area contributed by atoms with Crippen LogP contribution >= 0.6 is 12.4 Å². The van der Waals surface area contributed by atoms with Gasteiger partial charge >= 0.3 is 6.09 Å². The molecule has 0 radical (unpaired) electrons. The molecular weight excluding hydrogens is 336 g/mol. The molecule has 2 aliphatic carbocycles. The molecule has 0 spiro atoms. The Bertz CT molecular complexity index is 358. The van der Waals surface area contributed by atoms with Crippen molar-refractivity contribution in [1.82, 2.24) is 9.80 Å². The van der Waals surface area contributed by atoms with Gasteiger partial charge in [0.1, 0.15) is 6.61 Å². The molecule has 0 bridgehead atoms. The minimum Gasteiger partial charge on any atom is -0.448 e. The van der Waals surface area contributed by atoms with Gasteiger partial charge in [0.25, 0.3) is 0 Å². The fraction of sp³-hybridized carbons (Fsp3) is 0.950. The largest absolute Gasteiger partial charge is 0.448 e. The van der Waals surface area contributed by atoms with Gasteiger partial charge in [0.15, 0.2) is 0 Å². The van der Waals surface area contributed by atoms with Crippen molar-refractivity contribution in [3.63, 3.8) is 0 Å². The van der Waals surface area contributed by atoms with Gasteiger partial charge in [0.2, 0.25) is 0 Å². The lowest BCUT2D eigenvalue weighted by Gasteiger charge is -2.41. The standard InChI is InChI=1S/C20H36N2O2.ClH/c23-20(24-17-16-21-14-8-3-9-15-21)22(18-10-4-1-5-11-18)19-12-6-2-7-13-19;/h18-19H,1-17H2;1H. The topological polar surface area (TPSA) is 32.8 Å². The monoisotopic (exact) mass is 372 g/mol. The zero-order valence-electron chi connectivity index (χ0n) is 15.8. The van der Waals surface area contributed by atoms with E-state index in [1.165, 1.54) is 96.6 Å². The average Bonchev–Trinajstić information content (AvgIpc) is 2.65. The molecule has 3 rings (SSSR count). The Morgan fingerprint density at radius 1 is 0.800 bits per heavy atom. The van der Waals surface area contributed by atoms with Gasteiger partial charge in [-0.2, -0.15) is 0 Å². The summed E-state index contributed by atoms with van der Waals surface area (Å²) in [6, 6.07) is 0.869. The molecule has 0 N–H and O–H groups in total. The number of ether oxygens (including phenoxy) is 1. The zero-order valence-corrected chi connectivity index (χ0v) is 16.6. The van der Waals surface area contributed by atoms with Crippen molar-refractivity contribution in [1.29, 1.82) is 0 Å². The lowest BCUT2D eigenvalue weighted by molar-refractivity contribution is 0.0394. The molecule has 1 saturated heterocycles. The molecule has 1 heterocycles. The lowest BCUT2D eigenvalue weighted by Crippen LogP contribution is -2.49. The Labute approximate surface area is 160 Å². The number of halogens is 1. The third-order valence-electron chi connectivity index (χ3n) is 6.23. The summed E-state index contributed by atoms with van der Waals surface area (Å²) in [5, 5.41) is 0. The van der Waals surface area contributed by atoms with Crippen LogP contribution in [0, 0.1) is 0 Å². The van der Waals surface area contributed by atoms with E-state index in [0.29, 0.717) is 18.7 Å². The van der Waals surface area contributed by atoms with Crippen LogP contribution in [0.1, 0.15) is 83.5 Å². The number of likely N-dealkylation sites (tertiary alicyclic amines) is 1. The molecule has 0 unspecified atom stereocenters. The average molecular weight is 373 g/mol. The minimum atomic E-state index is -0.0224. The van der Waals surface area contributed by atoms with Crippen molar-refractivity contribution >= 4 is 18.5 Å². The first-order valence-electron chi connectivity index (χ1n) is 10.5. The van der Waals surface area contributed by atoms with E-state index >= 15 is 0 Å². The maximum absolute atomic E-state index is 12.9. The molecule has 0 aromatic carbocycles. The normalized spacial score (nSPS) is 23.7. The Morgan fingerprint density at radius 2 is 1.28 bits per heavy atom. The van der Waals surface area contributed by atoms with Crippen molar-refractivity contribution in [2.24, 2.45) is 0 Å². The second kappa shape index (κ2) is 11.3. The molecule has 1 amide bonds. The van der Waals surface area contributed by atoms with E-state index in [9.17, 15) is 4.79 Å². The highest BCUT2D eigenvalue weighted by atomic mass is 35.5. The van der Waals surface area contributed by atoms with E-state index in [1.54, 1.807) is 0 Å². The number of hydrogen-bond donors (Lipinski definition) is 0. The molecule has 1 aliphatic heterocycles. The Hall–Kier alpha value is -0.480. The second-order valence-electron chi connectivity index (χ2n) is 8.01. The summed E-state index contributed by atoms with van der Waals surface area (Å²) < 4.78 is 5.76. The number of rotatable bonds is 5. The highest BCUT2D eigenvalue weighted by molar-refractivity contribution is 5.85. The number of carbonyl (C=O) groups excluding carboxylic acids is 1. The molecule has 25 heavy (non-hydrogen) atoms. The van der Waals surface area contributed by atoms with Crippen molar-refractivity contribution in [3.8, 4) is 0 Å². The first kappa shape index (κ1) is 20.8. The fourth-order valence-electron chi connectivity index (χ4n) is 4.83. The van der Waals surface area contributed by atoms with E-state index in [1.807, 2.05) is 0 Å². The van der Waals surface area contributed by atoms with Gasteiger partial charge in [-0.1, -0.05) is 44.9 Å². The number of carbonyl (C=O) groups is 1. The predicted molar refractivity (Wildman–Crippen MR) is 104 cm³/mol. The molecule has 3 fully saturated rings. The minimum absolute atomic E-state index is 0. The van der Waals surface area contributed by atoms with Gasteiger partial charge in [-0.05, 0) is 51.6 Å². The highest BCUT2D eigenvalue weighted by Gasteiger charge is 2.33. The number of piperidine rings is 1. The smallest absolute Gasteiger partial charge is 0.410 e. The molecule has 3 aliphatic rings. The van der Waals surface area contributed by atoms with Crippen molar-refractivity contribution in [2.75, 3.05) is 26.2 Å². The molecule has 0 aromatic heterocycles. The summed E-state index contributed by atoms with van der Waals surface area (Å²) in [7, 11) is 0. The first-order chi connectivity index (χ1) is 11.8. The van der Waals surface area contributed by atoms with Crippen LogP contribution < -0.4 is 0 Å². The van der Waals surface area contributed by atoms with Gasteiger partial charge in [0.05, 0.1) is 0 Å². The van der Waals surface area contributed by atoms with Gasteiger partial charge in [-0.3, -0.25) is 4.90 Å². The van der Waals surface area contributed by atoms with Crippen LogP contribution in [0.2, 0.25) is 0 Å². The Morgan fingerprint density at radius 3 is 1.80 bits per heavy atom. The predicted octanol–water partition coefficient (Wildman–Crippen LogP) is 5.00. The van der Waals surface area contributed by atoms with Crippen LogP contribution in [0.3, 0.4) is 0 Å². The molecular formula is C20H37ClN2O2. The number of amides is 1. The summed E-state index contributed by atoms with van der Waals surface area (Å²) in [5.74, 6) is 0. The third kappa shape index (κ3) is 6.32. The molecule has 2 saturated carbocycles. The SMILES string of the molecule is Cl.O=C(OCCN1CCCCC1)N(C1CCCCC1)C1CCCCC1. The van der Waals surface area contributed by atoms with Crippen LogP contribution in [0.4, 0.5) is 4.79 Å². The number of nitrogens with zero attached hydrogens (tertiary/aromatic N) is 2. The summed E-state index contributed by atoms with van der Waals surface area (Å²) in [5.41, 5.74) is 0. The zero-order chi connectivity index (χ0) is 16.6. The quantitative estimate of drug-likeness (QED) is 0.680. The van der Waals surface area contributed by atoms with Crippen LogP contribution in [0.25, 0.3) is 0 Å². The van der Waals surface area contributed by atoms with Gasteiger partial charge in [-0.25, -0.2) is 4.79 Å². The molecule has 5 heteroatoms. The third-order valence-corrected chi connectivity index (χ3v) is 6.23. The van der Waals surface area contributed by atoms with E-state index in [-0.39, 0.29) is 18.5 Å². The van der Waals surface area contributed by atoms with Crippen molar-refractivity contribution in [3.05, 3.63) is 0 Å². The van der Waals surface area contributed by atoms with Crippen LogP contribution in [0.5, 0.6) is 0 Å². The fourth-order valence-corrected chi connectivity index (χ4v) is 4.83. The number of hydrogen-bond acceptors (Lipinski definition) is 3. The van der Waals surface area contributed by atoms with E-state index in [0.717, 1.165) is 6.54 Å².